The number of thiol groups is 1. The van der Waals surface area contributed by atoms with Crippen molar-refractivity contribution in [1.29, 1.82) is 0 Å². The van der Waals surface area contributed by atoms with Crippen LogP contribution in [0.3, 0.4) is 0 Å². The molecule has 0 atom stereocenters. The zero-order valence-electron chi connectivity index (χ0n) is 9.87. The molecule has 6 heteroatoms. The first kappa shape index (κ1) is 14.2. The van der Waals surface area contributed by atoms with Crippen molar-refractivity contribution in [3.05, 3.63) is 36.4 Å². The Hall–Kier alpha value is -1.82. The highest BCUT2D eigenvalue weighted by Crippen LogP contribution is 2.12. The molecule has 0 spiro atoms. The lowest BCUT2D eigenvalue weighted by Crippen LogP contribution is -2.10. The summed E-state index contributed by atoms with van der Waals surface area (Å²) in [4.78, 5) is 11.2. The molecular weight excluding hydrogens is 256 g/mol. The molecule has 0 aliphatic carbocycles. The van der Waals surface area contributed by atoms with E-state index >= 15 is 0 Å². The van der Waals surface area contributed by atoms with Gasteiger partial charge in [-0.25, -0.2) is 13.2 Å². The van der Waals surface area contributed by atoms with E-state index < -0.39 is 16.7 Å². The van der Waals surface area contributed by atoms with E-state index in [0.29, 0.717) is 5.75 Å². The fourth-order valence-electron chi connectivity index (χ4n) is 1.15. The van der Waals surface area contributed by atoms with Crippen LogP contribution in [0.15, 0.2) is 41.3 Å². The van der Waals surface area contributed by atoms with Crippen LogP contribution in [0.2, 0.25) is 0 Å². The van der Waals surface area contributed by atoms with E-state index in [4.69, 9.17) is 9.47 Å². The van der Waals surface area contributed by atoms with Gasteiger partial charge in [-0.3, -0.25) is 0 Å². The highest BCUT2D eigenvalue weighted by Gasteiger charge is 1.99. The van der Waals surface area contributed by atoms with E-state index in [1.54, 1.807) is 25.1 Å². The number of rotatable bonds is 6. The lowest BCUT2D eigenvalue weighted by molar-refractivity contribution is -0.138. The third-order valence-electron chi connectivity index (χ3n) is 1.95. The van der Waals surface area contributed by atoms with Gasteiger partial charge in [0.15, 0.2) is 10.7 Å². The molecule has 18 heavy (non-hydrogen) atoms. The average molecular weight is 270 g/mol. The van der Waals surface area contributed by atoms with Gasteiger partial charge in [-0.2, -0.15) is 0 Å². The van der Waals surface area contributed by atoms with Crippen molar-refractivity contribution in [3.63, 3.8) is 0 Å². The summed E-state index contributed by atoms with van der Waals surface area (Å²) < 4.78 is 31.4. The molecule has 0 amide bonds. The Balaban J connectivity index is 2.33. The fourth-order valence-corrected chi connectivity index (χ4v) is 1.54. The minimum Gasteiger partial charge on any atom is -0.490 e. The Morgan fingerprint density at radius 1 is 1.22 bits per heavy atom. The fraction of sp³-hybridized carbons (Fsp3) is 0.250. The Labute approximate surface area is 107 Å². The second kappa shape index (κ2) is 7.50. The van der Waals surface area contributed by atoms with Crippen LogP contribution in [0, 0.1) is 0 Å². The Bertz CT molecular complexity index is 480. The van der Waals surface area contributed by atoms with Crippen LogP contribution in [0.4, 0.5) is 0 Å². The predicted octanol–water partition coefficient (Wildman–Crippen LogP) is 1.16. The zero-order valence-corrected chi connectivity index (χ0v) is 10.8. The summed E-state index contributed by atoms with van der Waals surface area (Å²) in [5.74, 6) is 0.109. The van der Waals surface area contributed by atoms with Gasteiger partial charge in [-0.1, -0.05) is 6.08 Å². The highest BCUT2D eigenvalue weighted by molar-refractivity contribution is 7.72. The second-order valence-corrected chi connectivity index (χ2v) is 4.30. The molecule has 0 N–H and O–H groups in total. The van der Waals surface area contributed by atoms with Crippen LogP contribution in [0.25, 0.3) is 0 Å². The Morgan fingerprint density at radius 2 is 1.89 bits per heavy atom. The van der Waals surface area contributed by atoms with Gasteiger partial charge < -0.3 is 9.47 Å². The molecular formula is C12H14O5S. The third-order valence-corrected chi connectivity index (χ3v) is 2.67. The molecule has 5 nitrogen and oxygen atoms in total. The minimum atomic E-state index is -2.57. The number of allylic oxidation sites excluding steroid dienone is 1. The zero-order chi connectivity index (χ0) is 13.4. The first-order chi connectivity index (χ1) is 8.63. The standard InChI is InChI=1S/C12H14O5S/c1-2-3-12(13)17-9-8-16-10-4-6-11(7-5-10)18(14)15/h2-7,18H,8-9H2,1H3. The van der Waals surface area contributed by atoms with E-state index in [9.17, 15) is 13.2 Å². The number of benzene rings is 1. The normalized spacial score (nSPS) is 10.8. The molecule has 0 radical (unpaired) electrons. The largest absolute Gasteiger partial charge is 0.490 e. The smallest absolute Gasteiger partial charge is 0.330 e. The number of ether oxygens (including phenoxy) is 2. The van der Waals surface area contributed by atoms with Gasteiger partial charge in [0, 0.05) is 6.08 Å². The summed E-state index contributed by atoms with van der Waals surface area (Å²) in [5, 5.41) is 0. The summed E-state index contributed by atoms with van der Waals surface area (Å²) in [6.45, 7) is 2.08. The summed E-state index contributed by atoms with van der Waals surface area (Å²) in [5.41, 5.74) is 0. The van der Waals surface area contributed by atoms with Gasteiger partial charge in [-0.15, -0.1) is 0 Å². The molecule has 98 valence electrons. The quantitative estimate of drug-likeness (QED) is 0.363. The summed E-state index contributed by atoms with van der Waals surface area (Å²) in [6.07, 6.45) is 2.91. The van der Waals surface area contributed by atoms with Crippen molar-refractivity contribution in [2.45, 2.75) is 11.8 Å². The lowest BCUT2D eigenvalue weighted by atomic mass is 10.3. The van der Waals surface area contributed by atoms with Gasteiger partial charge in [0.2, 0.25) is 0 Å². The maximum Gasteiger partial charge on any atom is 0.330 e. The monoisotopic (exact) mass is 270 g/mol. The molecule has 0 saturated heterocycles. The maximum absolute atomic E-state index is 10.9. The van der Waals surface area contributed by atoms with E-state index in [-0.39, 0.29) is 18.1 Å². The highest BCUT2D eigenvalue weighted by atomic mass is 32.2. The first-order valence-electron chi connectivity index (χ1n) is 5.30. The molecule has 1 aromatic rings. The van der Waals surface area contributed by atoms with E-state index in [1.165, 1.54) is 18.2 Å². The number of hydrogen-bond donors (Lipinski definition) is 1. The topological polar surface area (TPSA) is 69.7 Å². The molecule has 0 heterocycles. The van der Waals surface area contributed by atoms with Crippen molar-refractivity contribution in [2.75, 3.05) is 13.2 Å². The average Bonchev–Trinajstić information content (AvgIpc) is 2.35. The van der Waals surface area contributed by atoms with E-state index in [1.807, 2.05) is 0 Å². The molecule has 0 unspecified atom stereocenters. The molecule has 0 fully saturated rings. The minimum absolute atomic E-state index is 0.140. The molecule has 0 aliphatic heterocycles. The van der Waals surface area contributed by atoms with Crippen molar-refractivity contribution in [1.82, 2.24) is 0 Å². The number of hydrogen-bond acceptors (Lipinski definition) is 5. The number of esters is 1. The van der Waals surface area contributed by atoms with Crippen LogP contribution in [0.1, 0.15) is 6.92 Å². The van der Waals surface area contributed by atoms with Crippen molar-refractivity contribution < 1.29 is 22.7 Å². The number of carbonyl (C=O) groups excluding carboxylic acids is 1. The summed E-state index contributed by atoms with van der Waals surface area (Å²) in [6, 6.07) is 6.00. The molecule has 1 aromatic carbocycles. The molecule has 1 rings (SSSR count). The molecule has 0 aromatic heterocycles. The molecule has 0 bridgehead atoms. The third kappa shape index (κ3) is 5.01. The van der Waals surface area contributed by atoms with Crippen molar-refractivity contribution in [2.24, 2.45) is 0 Å². The predicted molar refractivity (Wildman–Crippen MR) is 66.3 cm³/mol. The van der Waals surface area contributed by atoms with Gasteiger partial charge in [0.05, 0.1) is 4.90 Å². The van der Waals surface area contributed by atoms with E-state index in [2.05, 4.69) is 0 Å². The lowest BCUT2D eigenvalue weighted by Gasteiger charge is -2.06. The van der Waals surface area contributed by atoms with E-state index in [0.717, 1.165) is 0 Å². The Morgan fingerprint density at radius 3 is 2.44 bits per heavy atom. The first-order valence-corrected chi connectivity index (χ1v) is 6.48. The summed E-state index contributed by atoms with van der Waals surface area (Å²) in [7, 11) is -2.57. The van der Waals surface area contributed by atoms with Crippen LogP contribution in [0.5, 0.6) is 5.75 Å². The second-order valence-electron chi connectivity index (χ2n) is 3.27. The molecule has 0 aliphatic rings. The maximum atomic E-state index is 10.9. The van der Waals surface area contributed by atoms with Crippen LogP contribution >= 0.6 is 0 Å². The van der Waals surface area contributed by atoms with Crippen LogP contribution < -0.4 is 4.74 Å². The van der Waals surface area contributed by atoms with Crippen LogP contribution in [-0.4, -0.2) is 27.6 Å². The van der Waals surface area contributed by atoms with Gasteiger partial charge in [0.1, 0.15) is 19.0 Å². The van der Waals surface area contributed by atoms with Gasteiger partial charge in [-0.05, 0) is 31.2 Å². The number of carbonyl (C=O) groups is 1. The van der Waals surface area contributed by atoms with Crippen molar-refractivity contribution in [3.8, 4) is 5.75 Å². The summed E-state index contributed by atoms with van der Waals surface area (Å²) >= 11 is 0. The van der Waals surface area contributed by atoms with Gasteiger partial charge in [0.25, 0.3) is 0 Å². The van der Waals surface area contributed by atoms with Crippen molar-refractivity contribution >= 4 is 16.7 Å². The Kier molecular flexibility index (Phi) is 5.93. The SMILES string of the molecule is CC=CC(=O)OCCOc1ccc([SH](=O)=O)cc1. The van der Waals surface area contributed by atoms with Crippen LogP contribution in [-0.2, 0) is 20.2 Å². The molecule has 0 saturated carbocycles. The van der Waals surface area contributed by atoms with Gasteiger partial charge >= 0.3 is 5.97 Å².